The molecular formula is C18H21BrN2O4S. The van der Waals surface area contributed by atoms with Crippen LogP contribution in [0, 0.1) is 0 Å². The number of amides is 1. The fraction of sp³-hybridized carbons (Fsp3) is 0.278. The fourth-order valence-corrected chi connectivity index (χ4v) is 3.82. The van der Waals surface area contributed by atoms with E-state index in [1.165, 1.54) is 19.2 Å². The molecule has 8 heteroatoms. The molecule has 1 amide bonds. The van der Waals surface area contributed by atoms with Gasteiger partial charge in [-0.3, -0.25) is 4.79 Å². The molecule has 2 rings (SSSR count). The first-order valence-electron chi connectivity index (χ1n) is 7.96. The van der Waals surface area contributed by atoms with Crippen LogP contribution in [0.2, 0.25) is 0 Å². The van der Waals surface area contributed by atoms with E-state index in [1.54, 1.807) is 19.1 Å². The number of carbonyl (C=O) groups excluding carboxylic acids is 1. The van der Waals surface area contributed by atoms with E-state index in [4.69, 9.17) is 4.74 Å². The molecule has 0 fully saturated rings. The van der Waals surface area contributed by atoms with E-state index in [0.717, 1.165) is 10.0 Å². The summed E-state index contributed by atoms with van der Waals surface area (Å²) in [7, 11) is -2.12. The Morgan fingerprint density at radius 3 is 2.31 bits per heavy atom. The molecule has 0 aromatic heterocycles. The normalized spacial score (nSPS) is 12.6. The Kier molecular flexibility index (Phi) is 7.33. The predicted molar refractivity (Wildman–Crippen MR) is 105 cm³/mol. The van der Waals surface area contributed by atoms with Gasteiger partial charge < -0.3 is 10.1 Å². The number of hydrogen-bond donors (Lipinski definition) is 2. The number of anilines is 1. The van der Waals surface area contributed by atoms with Crippen LogP contribution in [0.25, 0.3) is 0 Å². The summed E-state index contributed by atoms with van der Waals surface area (Å²) in [5.74, 6) is -0.172. The molecule has 0 heterocycles. The second kappa shape index (κ2) is 9.27. The molecule has 1 atom stereocenters. The molecule has 0 aliphatic heterocycles. The lowest BCUT2D eigenvalue weighted by atomic mass is 10.1. The molecular weight excluding hydrogens is 420 g/mol. The smallest absolute Gasteiger partial charge is 0.240 e. The lowest BCUT2D eigenvalue weighted by Gasteiger charge is -2.13. The topological polar surface area (TPSA) is 84.5 Å². The monoisotopic (exact) mass is 440 g/mol. The number of rotatable bonds is 8. The highest BCUT2D eigenvalue weighted by Crippen LogP contribution is 2.16. The number of hydrogen-bond acceptors (Lipinski definition) is 4. The number of halogens is 1. The molecule has 2 N–H and O–H groups in total. The van der Waals surface area contributed by atoms with Gasteiger partial charge in [0.15, 0.2) is 0 Å². The lowest BCUT2D eigenvalue weighted by Crippen LogP contribution is -2.35. The van der Waals surface area contributed by atoms with Crippen LogP contribution in [0.15, 0.2) is 57.9 Å². The van der Waals surface area contributed by atoms with E-state index in [0.29, 0.717) is 5.69 Å². The summed E-state index contributed by atoms with van der Waals surface area (Å²) < 4.78 is 32.9. The Bertz CT molecular complexity index is 836. The van der Waals surface area contributed by atoms with Crippen molar-refractivity contribution in [3.8, 4) is 0 Å². The van der Waals surface area contributed by atoms with E-state index >= 15 is 0 Å². The van der Waals surface area contributed by atoms with Crippen molar-refractivity contribution >= 4 is 37.5 Å². The van der Waals surface area contributed by atoms with Gasteiger partial charge in [-0.1, -0.05) is 28.1 Å². The summed E-state index contributed by atoms with van der Waals surface area (Å²) in [4.78, 5) is 12.2. The van der Waals surface area contributed by atoms with E-state index in [9.17, 15) is 13.2 Å². The fourth-order valence-electron chi connectivity index (χ4n) is 2.33. The maximum absolute atomic E-state index is 12.3. The standard InChI is InChI=1S/C18H21BrN2O4S/c1-13(12-25-2)21-26(23,24)17-9-7-16(8-10-17)20-18(22)11-14-3-5-15(19)6-4-14/h3-10,13,21H,11-12H2,1-2H3,(H,20,22)/t13-/m1/s1. The van der Waals surface area contributed by atoms with Crippen molar-refractivity contribution in [1.29, 1.82) is 0 Å². The second-order valence-electron chi connectivity index (χ2n) is 5.85. The number of methoxy groups -OCH3 is 1. The molecule has 140 valence electrons. The first-order valence-corrected chi connectivity index (χ1v) is 10.2. The highest BCUT2D eigenvalue weighted by atomic mass is 79.9. The minimum absolute atomic E-state index is 0.131. The molecule has 0 radical (unpaired) electrons. The van der Waals surface area contributed by atoms with Crippen molar-refractivity contribution in [1.82, 2.24) is 4.72 Å². The number of benzene rings is 2. The highest BCUT2D eigenvalue weighted by molar-refractivity contribution is 9.10. The Hall–Kier alpha value is -1.74. The van der Waals surface area contributed by atoms with Gasteiger partial charge in [0.1, 0.15) is 0 Å². The van der Waals surface area contributed by atoms with Crippen LogP contribution in [0.4, 0.5) is 5.69 Å². The van der Waals surface area contributed by atoms with Gasteiger partial charge in [0, 0.05) is 23.3 Å². The molecule has 26 heavy (non-hydrogen) atoms. The quantitative estimate of drug-likeness (QED) is 0.660. The highest BCUT2D eigenvalue weighted by Gasteiger charge is 2.17. The number of carbonyl (C=O) groups is 1. The maximum Gasteiger partial charge on any atom is 0.240 e. The largest absolute Gasteiger partial charge is 0.383 e. The number of ether oxygens (including phenoxy) is 1. The molecule has 0 aliphatic rings. The van der Waals surface area contributed by atoms with Gasteiger partial charge in [0.2, 0.25) is 15.9 Å². The second-order valence-corrected chi connectivity index (χ2v) is 8.48. The van der Waals surface area contributed by atoms with Crippen LogP contribution in [-0.2, 0) is 26.0 Å². The van der Waals surface area contributed by atoms with Gasteiger partial charge in [0.05, 0.1) is 17.9 Å². The molecule has 0 saturated carbocycles. The summed E-state index contributed by atoms with van der Waals surface area (Å²) >= 11 is 3.35. The van der Waals surface area contributed by atoms with Crippen molar-refractivity contribution < 1.29 is 17.9 Å². The van der Waals surface area contributed by atoms with Crippen molar-refractivity contribution in [2.75, 3.05) is 19.0 Å². The Morgan fingerprint density at radius 1 is 1.12 bits per heavy atom. The zero-order chi connectivity index (χ0) is 19.2. The van der Waals surface area contributed by atoms with Crippen molar-refractivity contribution in [2.24, 2.45) is 0 Å². The zero-order valence-electron chi connectivity index (χ0n) is 14.5. The third-order valence-electron chi connectivity index (χ3n) is 3.50. The molecule has 2 aromatic rings. The van der Waals surface area contributed by atoms with Gasteiger partial charge in [-0.05, 0) is 48.9 Å². The third kappa shape index (κ3) is 6.21. The van der Waals surface area contributed by atoms with Crippen LogP contribution in [0.5, 0.6) is 0 Å². The average Bonchev–Trinajstić information content (AvgIpc) is 2.57. The van der Waals surface area contributed by atoms with Crippen molar-refractivity contribution in [3.63, 3.8) is 0 Å². The van der Waals surface area contributed by atoms with Crippen LogP contribution in [0.3, 0.4) is 0 Å². The maximum atomic E-state index is 12.3. The molecule has 0 aliphatic carbocycles. The van der Waals surface area contributed by atoms with Crippen LogP contribution < -0.4 is 10.0 Å². The van der Waals surface area contributed by atoms with Gasteiger partial charge in [-0.25, -0.2) is 13.1 Å². The molecule has 0 spiro atoms. The molecule has 0 unspecified atom stereocenters. The summed E-state index contributed by atoms with van der Waals surface area (Å²) in [6.45, 7) is 2.00. The average molecular weight is 441 g/mol. The Balaban J connectivity index is 1.98. The van der Waals surface area contributed by atoms with Gasteiger partial charge >= 0.3 is 0 Å². The van der Waals surface area contributed by atoms with E-state index in [-0.39, 0.29) is 29.9 Å². The van der Waals surface area contributed by atoms with E-state index < -0.39 is 10.0 Å². The lowest BCUT2D eigenvalue weighted by molar-refractivity contribution is -0.115. The Labute approximate surface area is 162 Å². The molecule has 6 nitrogen and oxygen atoms in total. The van der Waals surface area contributed by atoms with Crippen molar-refractivity contribution in [2.45, 2.75) is 24.3 Å². The molecule has 2 aromatic carbocycles. The molecule has 0 bridgehead atoms. The number of sulfonamides is 1. The summed E-state index contributed by atoms with van der Waals surface area (Å²) in [6.07, 6.45) is 0.240. The van der Waals surface area contributed by atoms with Gasteiger partial charge in [0.25, 0.3) is 0 Å². The predicted octanol–water partition coefficient (Wildman–Crippen LogP) is 2.94. The van der Waals surface area contributed by atoms with Crippen molar-refractivity contribution in [3.05, 3.63) is 58.6 Å². The zero-order valence-corrected chi connectivity index (χ0v) is 16.9. The molecule has 0 saturated heterocycles. The third-order valence-corrected chi connectivity index (χ3v) is 5.63. The SMILES string of the molecule is COC[C@@H](C)NS(=O)(=O)c1ccc(NC(=O)Cc2ccc(Br)cc2)cc1. The number of nitrogens with one attached hydrogen (secondary N) is 2. The minimum atomic E-state index is -3.63. The summed E-state index contributed by atoms with van der Waals surface area (Å²) in [6, 6.07) is 13.2. The summed E-state index contributed by atoms with van der Waals surface area (Å²) in [5.41, 5.74) is 1.43. The first kappa shape index (κ1) is 20.6. The van der Waals surface area contributed by atoms with E-state index in [2.05, 4.69) is 26.0 Å². The Morgan fingerprint density at radius 2 is 1.73 bits per heavy atom. The van der Waals surface area contributed by atoms with Crippen LogP contribution in [-0.4, -0.2) is 34.1 Å². The van der Waals surface area contributed by atoms with Crippen LogP contribution in [0.1, 0.15) is 12.5 Å². The first-order chi connectivity index (χ1) is 12.3. The van der Waals surface area contributed by atoms with Gasteiger partial charge in [-0.2, -0.15) is 0 Å². The van der Waals surface area contributed by atoms with E-state index in [1.807, 2.05) is 24.3 Å². The van der Waals surface area contributed by atoms with Crippen LogP contribution >= 0.6 is 15.9 Å². The minimum Gasteiger partial charge on any atom is -0.383 e. The summed E-state index contributed by atoms with van der Waals surface area (Å²) in [5, 5.41) is 2.76. The van der Waals surface area contributed by atoms with Gasteiger partial charge in [-0.15, -0.1) is 0 Å².